The van der Waals surface area contributed by atoms with Crippen LogP contribution in [0.4, 0.5) is 13.9 Å². The van der Waals surface area contributed by atoms with Crippen molar-refractivity contribution in [2.24, 2.45) is 5.73 Å². The summed E-state index contributed by atoms with van der Waals surface area (Å²) in [6.45, 7) is 1.99. The molecule has 0 saturated carbocycles. The lowest BCUT2D eigenvalue weighted by atomic mass is 10.0. The van der Waals surface area contributed by atoms with Crippen molar-refractivity contribution in [2.75, 3.05) is 17.5 Å². The van der Waals surface area contributed by atoms with Gasteiger partial charge in [0.05, 0.1) is 18.6 Å². The molecular weight excluding hydrogens is 510 g/mol. The predicted molar refractivity (Wildman–Crippen MR) is 135 cm³/mol. The van der Waals surface area contributed by atoms with Gasteiger partial charge in [-0.25, -0.2) is 22.2 Å². The first-order valence-electron chi connectivity index (χ1n) is 11.1. The number of carbonyl (C=O) groups excluding carboxylic acids is 1. The number of hydrogen-bond donors (Lipinski definition) is 3. The molecule has 0 spiro atoms. The van der Waals surface area contributed by atoms with Crippen LogP contribution in [-0.4, -0.2) is 54.3 Å². The largest absolute Gasteiger partial charge is 0.390 e. The van der Waals surface area contributed by atoms with E-state index in [0.717, 1.165) is 53.3 Å². The Morgan fingerprint density at radius 1 is 1.17 bits per heavy atom. The lowest BCUT2D eigenvalue weighted by Crippen LogP contribution is -2.46. The minimum atomic E-state index is -3.57. The van der Waals surface area contributed by atoms with Gasteiger partial charge in [-0.05, 0) is 41.7 Å². The van der Waals surface area contributed by atoms with Gasteiger partial charge in [0, 0.05) is 25.2 Å². The van der Waals surface area contributed by atoms with E-state index < -0.39 is 39.7 Å². The van der Waals surface area contributed by atoms with Gasteiger partial charge in [-0.15, -0.1) is 0 Å². The molecule has 0 aliphatic heterocycles. The Morgan fingerprint density at radius 2 is 1.83 bits per heavy atom. The molecule has 1 heterocycles. The van der Waals surface area contributed by atoms with E-state index in [0.29, 0.717) is 0 Å². The summed E-state index contributed by atoms with van der Waals surface area (Å²) < 4.78 is 52.3. The third-order valence-electron chi connectivity index (χ3n) is 5.34. The summed E-state index contributed by atoms with van der Waals surface area (Å²) in [7, 11) is -3.57. The molecule has 0 bridgehead atoms. The zero-order chi connectivity index (χ0) is 26.5. The molecule has 0 saturated heterocycles. The van der Waals surface area contributed by atoms with Crippen LogP contribution in [0.3, 0.4) is 0 Å². The van der Waals surface area contributed by atoms with E-state index in [1.807, 2.05) is 31.2 Å². The first kappa shape index (κ1) is 27.7. The summed E-state index contributed by atoms with van der Waals surface area (Å²) in [6, 6.07) is 9.76. The van der Waals surface area contributed by atoms with Crippen LogP contribution in [0.25, 0.3) is 0 Å². The number of nitrogens with zero attached hydrogens (tertiary/aromatic N) is 2. The first-order valence-corrected chi connectivity index (χ1v) is 13.8. The van der Waals surface area contributed by atoms with Crippen LogP contribution in [-0.2, 0) is 29.4 Å². The number of rotatable bonds is 11. The molecule has 194 valence electrons. The number of amides is 1. The second-order valence-corrected chi connectivity index (χ2v) is 11.3. The molecule has 2 aromatic carbocycles. The molecule has 36 heavy (non-hydrogen) atoms. The van der Waals surface area contributed by atoms with E-state index >= 15 is 0 Å². The van der Waals surface area contributed by atoms with Crippen molar-refractivity contribution in [3.63, 3.8) is 0 Å². The Morgan fingerprint density at radius 3 is 2.47 bits per heavy atom. The number of nitrogens with one attached hydrogen (secondary N) is 1. The van der Waals surface area contributed by atoms with Gasteiger partial charge in [0.1, 0.15) is 16.5 Å². The van der Waals surface area contributed by atoms with Crippen molar-refractivity contribution in [3.8, 4) is 0 Å². The molecule has 0 aliphatic rings. The molecule has 0 fully saturated rings. The molecule has 1 amide bonds. The minimum absolute atomic E-state index is 0.00776. The Hall–Kier alpha value is -2.93. The topological polar surface area (TPSA) is 126 Å². The number of sulfonamides is 1. The minimum Gasteiger partial charge on any atom is -0.390 e. The van der Waals surface area contributed by atoms with Crippen LogP contribution in [0.5, 0.6) is 0 Å². The molecule has 2 atom stereocenters. The molecule has 0 aliphatic carbocycles. The van der Waals surface area contributed by atoms with Crippen molar-refractivity contribution in [1.82, 2.24) is 9.88 Å². The number of hydrogen-bond acceptors (Lipinski definition) is 7. The first-order chi connectivity index (χ1) is 16.9. The van der Waals surface area contributed by atoms with Crippen molar-refractivity contribution >= 4 is 32.4 Å². The highest BCUT2D eigenvalue weighted by Crippen LogP contribution is 2.22. The maximum absolute atomic E-state index is 13.5. The van der Waals surface area contributed by atoms with Gasteiger partial charge in [-0.1, -0.05) is 42.5 Å². The fourth-order valence-corrected chi connectivity index (χ4v) is 5.25. The van der Waals surface area contributed by atoms with Crippen LogP contribution < -0.4 is 10.5 Å². The highest BCUT2D eigenvalue weighted by Gasteiger charge is 2.25. The molecule has 3 rings (SSSR count). The van der Waals surface area contributed by atoms with Crippen LogP contribution >= 0.6 is 11.3 Å². The number of aromatic nitrogens is 1. The van der Waals surface area contributed by atoms with E-state index in [1.54, 1.807) is 0 Å². The van der Waals surface area contributed by atoms with Gasteiger partial charge in [0.2, 0.25) is 10.0 Å². The maximum Gasteiger partial charge on any atom is 0.266 e. The van der Waals surface area contributed by atoms with E-state index in [9.17, 15) is 27.1 Å². The smallest absolute Gasteiger partial charge is 0.266 e. The normalized spacial score (nSPS) is 13.3. The highest BCUT2D eigenvalue weighted by molar-refractivity contribution is 7.92. The van der Waals surface area contributed by atoms with Crippen molar-refractivity contribution in [1.29, 1.82) is 0 Å². The third-order valence-corrected chi connectivity index (χ3v) is 6.94. The van der Waals surface area contributed by atoms with Gasteiger partial charge in [0.25, 0.3) is 5.91 Å². The Bertz CT molecular complexity index is 1300. The van der Waals surface area contributed by atoms with Crippen molar-refractivity contribution in [2.45, 2.75) is 38.5 Å². The fraction of sp³-hybridized carbons (Fsp3) is 0.333. The number of aliphatic hydroxyl groups excluding tert-OH is 1. The quantitative estimate of drug-likeness (QED) is 0.345. The van der Waals surface area contributed by atoms with Crippen molar-refractivity contribution in [3.05, 3.63) is 81.9 Å². The monoisotopic (exact) mass is 538 g/mol. The van der Waals surface area contributed by atoms with E-state index in [1.165, 1.54) is 11.1 Å². The second kappa shape index (κ2) is 11.9. The van der Waals surface area contributed by atoms with Gasteiger partial charge in [-0.3, -0.25) is 9.52 Å². The van der Waals surface area contributed by atoms with Crippen LogP contribution in [0.15, 0.2) is 48.7 Å². The summed E-state index contributed by atoms with van der Waals surface area (Å²) in [5, 5.41) is 10.9. The molecule has 12 heteroatoms. The number of halogens is 2. The number of benzene rings is 2. The molecular formula is C24H28F2N4O4S2. The van der Waals surface area contributed by atoms with Gasteiger partial charge < -0.3 is 15.7 Å². The number of aryl methyl sites for hydroxylation is 1. The Balaban J connectivity index is 1.81. The number of aliphatic hydroxyl groups is 1. The molecule has 8 nitrogen and oxygen atoms in total. The Kier molecular flexibility index (Phi) is 9.12. The third kappa shape index (κ3) is 8.05. The second-order valence-electron chi connectivity index (χ2n) is 8.48. The molecule has 4 N–H and O–H groups in total. The SMILES string of the molecule is CCc1cccc(CN(C[C@@H](O)[C@@H](N)Cc2cc(F)cc(F)c2)C(=O)c2cnc(NS(C)(=O)=O)s2)c1. The number of carbonyl (C=O) groups is 1. The summed E-state index contributed by atoms with van der Waals surface area (Å²) in [5.74, 6) is -1.97. The molecule has 1 aromatic heterocycles. The van der Waals surface area contributed by atoms with Gasteiger partial charge in [0.15, 0.2) is 5.13 Å². The van der Waals surface area contributed by atoms with Gasteiger partial charge >= 0.3 is 0 Å². The molecule has 0 unspecified atom stereocenters. The Labute approximate surface area is 212 Å². The molecule has 0 radical (unpaired) electrons. The van der Waals surface area contributed by atoms with Crippen LogP contribution in [0.2, 0.25) is 0 Å². The number of anilines is 1. The molecule has 3 aromatic rings. The lowest BCUT2D eigenvalue weighted by molar-refractivity contribution is 0.0558. The van der Waals surface area contributed by atoms with Crippen LogP contribution in [0, 0.1) is 11.6 Å². The summed E-state index contributed by atoms with van der Waals surface area (Å²) >= 11 is 0.867. The summed E-state index contributed by atoms with van der Waals surface area (Å²) in [5.41, 5.74) is 8.31. The van der Waals surface area contributed by atoms with E-state index in [2.05, 4.69) is 9.71 Å². The summed E-state index contributed by atoms with van der Waals surface area (Å²) in [4.78, 5) is 18.9. The maximum atomic E-state index is 13.5. The van der Waals surface area contributed by atoms with E-state index in [-0.39, 0.29) is 35.1 Å². The number of thiazole rings is 1. The van der Waals surface area contributed by atoms with Crippen LogP contribution in [0.1, 0.15) is 33.3 Å². The summed E-state index contributed by atoms with van der Waals surface area (Å²) in [6.07, 6.45) is 1.82. The lowest BCUT2D eigenvalue weighted by Gasteiger charge is -2.28. The zero-order valence-corrected chi connectivity index (χ0v) is 21.5. The van der Waals surface area contributed by atoms with Gasteiger partial charge in [-0.2, -0.15) is 0 Å². The van der Waals surface area contributed by atoms with E-state index in [4.69, 9.17) is 5.73 Å². The fourth-order valence-electron chi connectivity index (χ4n) is 3.62. The zero-order valence-electron chi connectivity index (χ0n) is 19.8. The number of nitrogens with two attached hydrogens (primary N) is 1. The predicted octanol–water partition coefficient (Wildman–Crippen LogP) is 2.93. The average molecular weight is 539 g/mol. The van der Waals surface area contributed by atoms with Crippen molar-refractivity contribution < 1.29 is 27.1 Å². The standard InChI is InChI=1S/C24H28F2N4O4S2/c1-3-15-5-4-6-16(7-15)13-30(23(32)22-12-28-24(35-22)29-36(2,33)34)14-21(31)20(27)10-17-8-18(25)11-19(26)9-17/h4-9,11-12,20-21,31H,3,10,13-14,27H2,1-2H3,(H,28,29)/t20-,21+/m0/s1. The highest BCUT2D eigenvalue weighted by atomic mass is 32.2. The average Bonchev–Trinajstić information content (AvgIpc) is 3.24.